The first-order chi connectivity index (χ1) is 5.24. The third kappa shape index (κ3) is 0.579. The van der Waals surface area contributed by atoms with Crippen molar-refractivity contribution in [1.82, 2.24) is 0 Å². The van der Waals surface area contributed by atoms with Crippen LogP contribution >= 0.6 is 11.6 Å². The van der Waals surface area contributed by atoms with E-state index in [2.05, 4.69) is 6.07 Å². The summed E-state index contributed by atoms with van der Waals surface area (Å²) in [5.41, 5.74) is 0. The zero-order valence-electron chi connectivity index (χ0n) is 5.96. The van der Waals surface area contributed by atoms with Gasteiger partial charge in [0.1, 0.15) is 4.87 Å². The first kappa shape index (κ1) is 6.28. The summed E-state index contributed by atoms with van der Waals surface area (Å²) in [6, 6.07) is 2.21. The molecule has 5 unspecified atom stereocenters. The maximum atomic E-state index is 8.85. The molecule has 0 spiro atoms. The van der Waals surface area contributed by atoms with E-state index in [4.69, 9.17) is 21.6 Å². The van der Waals surface area contributed by atoms with Gasteiger partial charge in [0.2, 0.25) is 0 Å². The van der Waals surface area contributed by atoms with Gasteiger partial charge in [-0.1, -0.05) is 0 Å². The summed E-state index contributed by atoms with van der Waals surface area (Å²) in [7, 11) is 0. The van der Waals surface area contributed by atoms with Crippen molar-refractivity contribution in [1.29, 1.82) is 5.26 Å². The highest BCUT2D eigenvalue weighted by Crippen LogP contribution is 2.62. The molecule has 3 rings (SSSR count). The smallest absolute Gasteiger partial charge is 0.136 e. The molecule has 3 fully saturated rings. The highest BCUT2D eigenvalue weighted by atomic mass is 35.5. The normalized spacial score (nSPS) is 64.0. The van der Waals surface area contributed by atoms with Gasteiger partial charge in [0.25, 0.3) is 0 Å². The van der Waals surface area contributed by atoms with E-state index in [0.29, 0.717) is 24.0 Å². The van der Waals surface area contributed by atoms with Crippen molar-refractivity contribution in [2.45, 2.75) is 29.9 Å². The van der Waals surface area contributed by atoms with Gasteiger partial charge in [-0.2, -0.15) is 5.26 Å². The summed E-state index contributed by atoms with van der Waals surface area (Å²) in [4.78, 5) is -0.581. The highest BCUT2D eigenvalue weighted by Gasteiger charge is 2.68. The van der Waals surface area contributed by atoms with E-state index in [0.717, 1.165) is 12.8 Å². The van der Waals surface area contributed by atoms with Gasteiger partial charge in [-0.05, 0) is 18.8 Å². The molecule has 2 saturated carbocycles. The number of epoxide rings is 1. The number of rotatable bonds is 0. The fourth-order valence-electron chi connectivity index (χ4n) is 2.74. The van der Waals surface area contributed by atoms with Gasteiger partial charge in [-0.25, -0.2) is 0 Å². The van der Waals surface area contributed by atoms with Gasteiger partial charge in [0, 0.05) is 5.92 Å². The predicted octanol–water partition coefficient (Wildman–Crippen LogP) is 1.29. The van der Waals surface area contributed by atoms with Gasteiger partial charge in [-0.3, -0.25) is 0 Å². The van der Waals surface area contributed by atoms with E-state index in [1.165, 1.54) is 0 Å². The zero-order chi connectivity index (χ0) is 7.64. The van der Waals surface area contributed by atoms with Gasteiger partial charge >= 0.3 is 0 Å². The summed E-state index contributed by atoms with van der Waals surface area (Å²) < 4.78 is 5.40. The van der Waals surface area contributed by atoms with E-state index in [1.807, 2.05) is 0 Å². The Kier molecular flexibility index (Phi) is 0.898. The largest absolute Gasteiger partial charge is 0.369 e. The minimum absolute atomic E-state index is 0.323. The minimum Gasteiger partial charge on any atom is -0.369 e. The lowest BCUT2D eigenvalue weighted by atomic mass is 9.89. The quantitative estimate of drug-likeness (QED) is 0.405. The van der Waals surface area contributed by atoms with Crippen LogP contribution in [0.5, 0.6) is 0 Å². The van der Waals surface area contributed by atoms with Crippen molar-refractivity contribution >= 4 is 11.6 Å². The first-order valence-corrected chi connectivity index (χ1v) is 4.38. The average Bonchev–Trinajstić information content (AvgIpc) is 2.65. The Labute approximate surface area is 70.1 Å². The Bertz CT molecular complexity index is 261. The molecular formula is C8H8ClNO. The van der Waals surface area contributed by atoms with Crippen molar-refractivity contribution in [3.8, 4) is 6.07 Å². The van der Waals surface area contributed by atoms with Crippen LogP contribution < -0.4 is 0 Å². The number of nitriles is 1. The molecule has 2 aliphatic carbocycles. The van der Waals surface area contributed by atoms with Gasteiger partial charge in [0.05, 0.1) is 18.3 Å². The SMILES string of the molecule is N#CC1(Cl)CC2CC1C1OC21. The van der Waals surface area contributed by atoms with Gasteiger partial charge < -0.3 is 4.74 Å². The lowest BCUT2D eigenvalue weighted by molar-refractivity contribution is 0.261. The molecule has 58 valence electrons. The molecule has 0 aromatic heterocycles. The predicted molar refractivity (Wildman–Crippen MR) is 39.1 cm³/mol. The topological polar surface area (TPSA) is 36.3 Å². The monoisotopic (exact) mass is 169 g/mol. The second kappa shape index (κ2) is 1.57. The van der Waals surface area contributed by atoms with Crippen LogP contribution in [0.25, 0.3) is 0 Å². The third-order valence-corrected chi connectivity index (χ3v) is 3.83. The Morgan fingerprint density at radius 1 is 1.55 bits per heavy atom. The molecule has 2 nitrogen and oxygen atoms in total. The van der Waals surface area contributed by atoms with Crippen LogP contribution in [0.4, 0.5) is 0 Å². The summed E-state index contributed by atoms with van der Waals surface area (Å²) in [5.74, 6) is 0.909. The molecule has 0 aromatic carbocycles. The molecule has 0 radical (unpaired) electrons. The molecule has 3 heteroatoms. The molecule has 1 heterocycles. The molecular weight excluding hydrogens is 162 g/mol. The van der Waals surface area contributed by atoms with Gasteiger partial charge in [0.15, 0.2) is 0 Å². The number of fused-ring (bicyclic) bond motifs is 5. The molecule has 11 heavy (non-hydrogen) atoms. The highest BCUT2D eigenvalue weighted by molar-refractivity contribution is 6.26. The Morgan fingerprint density at radius 3 is 2.91 bits per heavy atom. The van der Waals surface area contributed by atoms with E-state index in [9.17, 15) is 0 Å². The van der Waals surface area contributed by atoms with Crippen LogP contribution in [-0.4, -0.2) is 17.1 Å². The molecule has 2 bridgehead atoms. The Balaban J connectivity index is 1.99. The van der Waals surface area contributed by atoms with Crippen LogP contribution in [0, 0.1) is 23.2 Å². The van der Waals surface area contributed by atoms with Crippen LogP contribution in [0.15, 0.2) is 0 Å². The number of hydrogen-bond acceptors (Lipinski definition) is 2. The second-order valence-corrected chi connectivity index (χ2v) is 4.52. The summed E-state index contributed by atoms with van der Waals surface area (Å²) in [6.07, 6.45) is 2.77. The fraction of sp³-hybridized carbons (Fsp3) is 0.875. The third-order valence-electron chi connectivity index (χ3n) is 3.31. The van der Waals surface area contributed by atoms with Crippen LogP contribution in [0.3, 0.4) is 0 Å². The number of alkyl halides is 1. The van der Waals surface area contributed by atoms with E-state index in [-0.39, 0.29) is 0 Å². The first-order valence-electron chi connectivity index (χ1n) is 4.00. The van der Waals surface area contributed by atoms with Crippen molar-refractivity contribution in [3.63, 3.8) is 0 Å². The van der Waals surface area contributed by atoms with Crippen LogP contribution in [0.2, 0.25) is 0 Å². The molecule has 1 aliphatic heterocycles. The minimum atomic E-state index is -0.581. The molecule has 0 amide bonds. The zero-order valence-corrected chi connectivity index (χ0v) is 6.71. The molecule has 1 saturated heterocycles. The van der Waals surface area contributed by atoms with E-state index >= 15 is 0 Å². The molecule has 3 aliphatic rings. The van der Waals surface area contributed by atoms with Crippen molar-refractivity contribution in [3.05, 3.63) is 0 Å². The van der Waals surface area contributed by atoms with Crippen LogP contribution in [-0.2, 0) is 4.74 Å². The van der Waals surface area contributed by atoms with Crippen molar-refractivity contribution < 1.29 is 4.74 Å². The molecule has 0 N–H and O–H groups in total. The average molecular weight is 170 g/mol. The Hall–Kier alpha value is -0.260. The number of ether oxygens (including phenoxy) is 1. The summed E-state index contributed by atoms with van der Waals surface area (Å²) in [6.45, 7) is 0. The maximum absolute atomic E-state index is 8.85. The standard InChI is InChI=1S/C8H8ClNO/c9-8(3-10)2-4-1-5(8)7-6(4)11-7/h4-7H,1-2H2. The second-order valence-electron chi connectivity index (χ2n) is 3.85. The summed E-state index contributed by atoms with van der Waals surface area (Å²) in [5, 5.41) is 8.85. The molecule has 5 atom stereocenters. The fourth-order valence-corrected chi connectivity index (χ4v) is 3.15. The maximum Gasteiger partial charge on any atom is 0.136 e. The van der Waals surface area contributed by atoms with Crippen molar-refractivity contribution in [2.24, 2.45) is 11.8 Å². The lowest BCUT2D eigenvalue weighted by Crippen LogP contribution is -2.31. The molecule has 0 aromatic rings. The van der Waals surface area contributed by atoms with E-state index in [1.54, 1.807) is 0 Å². The number of nitrogens with zero attached hydrogens (tertiary/aromatic N) is 1. The Morgan fingerprint density at radius 2 is 2.36 bits per heavy atom. The lowest BCUT2D eigenvalue weighted by Gasteiger charge is -2.20. The van der Waals surface area contributed by atoms with Crippen molar-refractivity contribution in [2.75, 3.05) is 0 Å². The van der Waals surface area contributed by atoms with E-state index < -0.39 is 4.87 Å². The number of hydrogen-bond donors (Lipinski definition) is 0. The van der Waals surface area contributed by atoms with Gasteiger partial charge in [-0.15, -0.1) is 11.6 Å². The van der Waals surface area contributed by atoms with Crippen LogP contribution in [0.1, 0.15) is 12.8 Å². The summed E-state index contributed by atoms with van der Waals surface area (Å²) >= 11 is 6.13. The number of halogens is 1.